The third-order valence-corrected chi connectivity index (χ3v) is 2.36. The first kappa shape index (κ1) is 11.8. The summed E-state index contributed by atoms with van der Waals surface area (Å²) in [6.45, 7) is 1.39. The topological polar surface area (TPSA) is 3.24 Å². The average molecular weight is 234 g/mol. The van der Waals surface area contributed by atoms with Gasteiger partial charge in [0.15, 0.2) is 0 Å². The van der Waals surface area contributed by atoms with Gasteiger partial charge in [0, 0.05) is 29.4 Å². The molecule has 14 heavy (non-hydrogen) atoms. The maximum atomic E-state index is 13.3. The molecule has 0 aliphatic rings. The van der Waals surface area contributed by atoms with Crippen molar-refractivity contribution in [1.29, 1.82) is 0 Å². The quantitative estimate of drug-likeness (QED) is 0.783. The van der Waals surface area contributed by atoms with Crippen LogP contribution in [0.1, 0.15) is 5.56 Å². The van der Waals surface area contributed by atoms with Crippen LogP contribution in [0.25, 0.3) is 0 Å². The third-order valence-electron chi connectivity index (χ3n) is 1.93. The Kier molecular flexibility index (Phi) is 4.72. The predicted octanol–water partition coefficient (Wildman–Crippen LogP) is 2.84. The Morgan fingerprint density at radius 3 is 2.86 bits per heavy atom. The van der Waals surface area contributed by atoms with Crippen molar-refractivity contribution in [2.45, 2.75) is 6.54 Å². The van der Waals surface area contributed by atoms with E-state index in [1.165, 1.54) is 6.07 Å². The van der Waals surface area contributed by atoms with E-state index in [1.54, 1.807) is 12.1 Å². The molecule has 0 atom stereocenters. The minimum Gasteiger partial charge on any atom is -0.301 e. The summed E-state index contributed by atoms with van der Waals surface area (Å²) >= 11 is 9.89. The van der Waals surface area contributed by atoms with E-state index in [2.05, 4.69) is 12.6 Å². The Labute approximate surface area is 94.3 Å². The van der Waals surface area contributed by atoms with Gasteiger partial charge in [-0.1, -0.05) is 11.6 Å². The summed E-state index contributed by atoms with van der Waals surface area (Å²) in [6, 6.07) is 4.61. The molecule has 0 spiro atoms. The predicted molar refractivity (Wildman–Crippen MR) is 61.6 cm³/mol. The van der Waals surface area contributed by atoms with Gasteiger partial charge in [-0.05, 0) is 25.2 Å². The lowest BCUT2D eigenvalue weighted by atomic mass is 10.2. The fourth-order valence-corrected chi connectivity index (χ4v) is 1.74. The molecule has 78 valence electrons. The molecule has 4 heteroatoms. The molecule has 0 bridgehead atoms. The number of nitrogens with zero attached hydrogens (tertiary/aromatic N) is 1. The van der Waals surface area contributed by atoms with Crippen molar-refractivity contribution >= 4 is 24.2 Å². The van der Waals surface area contributed by atoms with Crippen LogP contribution in [0.5, 0.6) is 0 Å². The molecule has 1 nitrogen and oxygen atoms in total. The Morgan fingerprint density at radius 1 is 1.50 bits per heavy atom. The average Bonchev–Trinajstić information content (AvgIpc) is 2.12. The van der Waals surface area contributed by atoms with Crippen molar-refractivity contribution < 1.29 is 4.39 Å². The molecule has 0 aliphatic carbocycles. The zero-order chi connectivity index (χ0) is 10.6. The first-order valence-electron chi connectivity index (χ1n) is 4.37. The summed E-state index contributed by atoms with van der Waals surface area (Å²) in [7, 11) is 1.93. The fourth-order valence-electron chi connectivity index (χ4n) is 1.21. The molecule has 0 fully saturated rings. The van der Waals surface area contributed by atoms with E-state index in [4.69, 9.17) is 11.6 Å². The molecule has 0 N–H and O–H groups in total. The number of thiol groups is 1. The number of benzene rings is 1. The van der Waals surface area contributed by atoms with Crippen molar-refractivity contribution in [2.24, 2.45) is 0 Å². The SMILES string of the molecule is CN(CCS)Cc1cc(Cl)ccc1F. The van der Waals surface area contributed by atoms with Gasteiger partial charge in [-0.2, -0.15) is 12.6 Å². The molecule has 1 aromatic rings. The van der Waals surface area contributed by atoms with E-state index in [0.29, 0.717) is 17.1 Å². The lowest BCUT2D eigenvalue weighted by Crippen LogP contribution is -2.20. The van der Waals surface area contributed by atoms with E-state index in [1.807, 2.05) is 11.9 Å². The molecule has 0 heterocycles. The van der Waals surface area contributed by atoms with Gasteiger partial charge in [0.2, 0.25) is 0 Å². The van der Waals surface area contributed by atoms with Gasteiger partial charge in [0.1, 0.15) is 5.82 Å². The Morgan fingerprint density at radius 2 is 2.21 bits per heavy atom. The van der Waals surface area contributed by atoms with Crippen molar-refractivity contribution in [2.75, 3.05) is 19.3 Å². The summed E-state index contributed by atoms with van der Waals surface area (Å²) in [5.74, 6) is 0.555. The molecular weight excluding hydrogens is 221 g/mol. The van der Waals surface area contributed by atoms with Crippen LogP contribution in [0.4, 0.5) is 4.39 Å². The minimum atomic E-state index is -0.208. The highest BCUT2D eigenvalue weighted by atomic mass is 35.5. The molecule has 0 amide bonds. The van der Waals surface area contributed by atoms with Crippen LogP contribution in [-0.4, -0.2) is 24.2 Å². The normalized spacial score (nSPS) is 10.9. The van der Waals surface area contributed by atoms with Gasteiger partial charge in [-0.3, -0.25) is 0 Å². The van der Waals surface area contributed by atoms with Crippen molar-refractivity contribution in [1.82, 2.24) is 4.90 Å². The monoisotopic (exact) mass is 233 g/mol. The highest BCUT2D eigenvalue weighted by Gasteiger charge is 2.05. The number of hydrogen-bond donors (Lipinski definition) is 1. The lowest BCUT2D eigenvalue weighted by molar-refractivity contribution is 0.342. The van der Waals surface area contributed by atoms with Gasteiger partial charge in [0.05, 0.1) is 0 Å². The van der Waals surface area contributed by atoms with Crippen LogP contribution in [-0.2, 0) is 6.54 Å². The van der Waals surface area contributed by atoms with Gasteiger partial charge in [-0.15, -0.1) is 0 Å². The summed E-state index contributed by atoms with van der Waals surface area (Å²) in [4.78, 5) is 2.00. The molecule has 0 unspecified atom stereocenters. The van der Waals surface area contributed by atoms with Crippen LogP contribution in [0.15, 0.2) is 18.2 Å². The minimum absolute atomic E-state index is 0.208. The van der Waals surface area contributed by atoms with Gasteiger partial charge < -0.3 is 4.90 Å². The van der Waals surface area contributed by atoms with Gasteiger partial charge >= 0.3 is 0 Å². The summed E-state index contributed by atoms with van der Waals surface area (Å²) in [5, 5.41) is 0.570. The molecule has 0 saturated carbocycles. The van der Waals surface area contributed by atoms with E-state index in [9.17, 15) is 4.39 Å². The second-order valence-corrected chi connectivity index (χ2v) is 4.08. The third kappa shape index (κ3) is 3.48. The van der Waals surface area contributed by atoms with Crippen LogP contribution >= 0.6 is 24.2 Å². The van der Waals surface area contributed by atoms with Crippen LogP contribution in [0.2, 0.25) is 5.02 Å². The fraction of sp³-hybridized carbons (Fsp3) is 0.400. The zero-order valence-corrected chi connectivity index (χ0v) is 9.65. The molecule has 1 rings (SSSR count). The maximum absolute atomic E-state index is 13.3. The van der Waals surface area contributed by atoms with Crippen molar-refractivity contribution in [3.63, 3.8) is 0 Å². The Hall–Kier alpha value is -0.250. The van der Waals surface area contributed by atoms with Crippen molar-refractivity contribution in [3.05, 3.63) is 34.6 Å². The number of halogens is 2. The highest BCUT2D eigenvalue weighted by Crippen LogP contribution is 2.16. The second kappa shape index (κ2) is 5.59. The summed E-state index contributed by atoms with van der Waals surface area (Å²) in [5.41, 5.74) is 0.627. The maximum Gasteiger partial charge on any atom is 0.127 e. The first-order valence-corrected chi connectivity index (χ1v) is 5.38. The molecule has 1 aromatic carbocycles. The van der Waals surface area contributed by atoms with Crippen LogP contribution in [0.3, 0.4) is 0 Å². The Balaban J connectivity index is 2.70. The van der Waals surface area contributed by atoms with Crippen LogP contribution in [0, 0.1) is 5.82 Å². The van der Waals surface area contributed by atoms with E-state index in [-0.39, 0.29) is 5.82 Å². The van der Waals surface area contributed by atoms with Gasteiger partial charge in [-0.25, -0.2) is 4.39 Å². The van der Waals surface area contributed by atoms with E-state index < -0.39 is 0 Å². The molecule has 0 aliphatic heterocycles. The van der Waals surface area contributed by atoms with Crippen LogP contribution < -0.4 is 0 Å². The number of hydrogen-bond acceptors (Lipinski definition) is 2. The number of rotatable bonds is 4. The molecular formula is C10H13ClFNS. The molecule has 0 saturated heterocycles. The lowest BCUT2D eigenvalue weighted by Gasteiger charge is -2.15. The molecule has 0 radical (unpaired) electrons. The second-order valence-electron chi connectivity index (χ2n) is 3.20. The molecule has 0 aromatic heterocycles. The van der Waals surface area contributed by atoms with E-state index in [0.717, 1.165) is 12.3 Å². The van der Waals surface area contributed by atoms with Crippen molar-refractivity contribution in [3.8, 4) is 0 Å². The smallest absolute Gasteiger partial charge is 0.127 e. The van der Waals surface area contributed by atoms with E-state index >= 15 is 0 Å². The zero-order valence-electron chi connectivity index (χ0n) is 8.00. The Bertz CT molecular complexity index is 306. The first-order chi connectivity index (χ1) is 6.63. The van der Waals surface area contributed by atoms with Gasteiger partial charge in [0.25, 0.3) is 0 Å². The highest BCUT2D eigenvalue weighted by molar-refractivity contribution is 7.80. The summed E-state index contributed by atoms with van der Waals surface area (Å²) < 4.78 is 13.3. The standard InChI is InChI=1S/C10H13ClFNS/c1-13(4-5-14)7-8-6-9(11)2-3-10(8)12/h2-3,6,14H,4-5,7H2,1H3. The summed E-state index contributed by atoms with van der Waals surface area (Å²) in [6.07, 6.45) is 0. The largest absolute Gasteiger partial charge is 0.301 e.